The monoisotopic (exact) mass is 388 g/mol. The van der Waals surface area contributed by atoms with E-state index in [1.54, 1.807) is 23.6 Å². The van der Waals surface area contributed by atoms with Crippen molar-refractivity contribution in [1.82, 2.24) is 24.8 Å². The highest BCUT2D eigenvalue weighted by Gasteiger charge is 2.19. The molecule has 4 rings (SSSR count). The summed E-state index contributed by atoms with van der Waals surface area (Å²) in [7, 11) is 0. The standard InChI is InChI=1S/C21H20N6O2/c1-4-29-19-11-9-17(24-25-19)23-21(28)20-14(3)22-18-10-8-16(26-27(18)20)15-7-5-6-13(2)12-15/h5-12H,4H2,1-3H3,(H,23,24,28). The molecule has 8 nitrogen and oxygen atoms in total. The summed E-state index contributed by atoms with van der Waals surface area (Å²) < 4.78 is 6.83. The van der Waals surface area contributed by atoms with E-state index >= 15 is 0 Å². The van der Waals surface area contributed by atoms with E-state index in [0.29, 0.717) is 35.3 Å². The average molecular weight is 388 g/mol. The Labute approximate surface area is 167 Å². The van der Waals surface area contributed by atoms with Crippen molar-refractivity contribution in [1.29, 1.82) is 0 Å². The molecule has 1 aromatic carbocycles. The van der Waals surface area contributed by atoms with E-state index in [-0.39, 0.29) is 5.91 Å². The van der Waals surface area contributed by atoms with Crippen LogP contribution in [0.5, 0.6) is 5.88 Å². The first-order chi connectivity index (χ1) is 14.0. The first kappa shape index (κ1) is 18.5. The fourth-order valence-corrected chi connectivity index (χ4v) is 3.05. The van der Waals surface area contributed by atoms with E-state index in [4.69, 9.17) is 4.74 Å². The van der Waals surface area contributed by atoms with Crippen molar-refractivity contribution in [3.63, 3.8) is 0 Å². The highest BCUT2D eigenvalue weighted by atomic mass is 16.5. The van der Waals surface area contributed by atoms with Gasteiger partial charge in [0.15, 0.2) is 17.2 Å². The summed E-state index contributed by atoms with van der Waals surface area (Å²) in [5.41, 5.74) is 4.40. The van der Waals surface area contributed by atoms with Crippen LogP contribution >= 0.6 is 0 Å². The van der Waals surface area contributed by atoms with Crippen LogP contribution in [0.2, 0.25) is 0 Å². The molecule has 1 amide bonds. The molecule has 0 unspecified atom stereocenters. The van der Waals surface area contributed by atoms with Gasteiger partial charge in [-0.1, -0.05) is 23.8 Å². The van der Waals surface area contributed by atoms with Gasteiger partial charge in [-0.2, -0.15) is 5.10 Å². The van der Waals surface area contributed by atoms with Gasteiger partial charge in [0.2, 0.25) is 5.88 Å². The number of amides is 1. The van der Waals surface area contributed by atoms with Gasteiger partial charge in [-0.25, -0.2) is 9.50 Å². The zero-order valence-electron chi connectivity index (χ0n) is 16.4. The Morgan fingerprint density at radius 2 is 1.97 bits per heavy atom. The van der Waals surface area contributed by atoms with E-state index in [0.717, 1.165) is 16.8 Å². The number of rotatable bonds is 5. The minimum atomic E-state index is -0.359. The van der Waals surface area contributed by atoms with Gasteiger partial charge < -0.3 is 10.1 Å². The number of hydrogen-bond acceptors (Lipinski definition) is 6. The Bertz CT molecular complexity index is 1180. The van der Waals surface area contributed by atoms with Crippen molar-refractivity contribution < 1.29 is 9.53 Å². The maximum absolute atomic E-state index is 12.9. The highest BCUT2D eigenvalue weighted by Crippen LogP contribution is 2.20. The molecule has 0 spiro atoms. The first-order valence-electron chi connectivity index (χ1n) is 9.26. The molecule has 0 saturated heterocycles. The van der Waals surface area contributed by atoms with Gasteiger partial charge in [0, 0.05) is 11.6 Å². The summed E-state index contributed by atoms with van der Waals surface area (Å²) in [4.78, 5) is 17.4. The topological polar surface area (TPSA) is 94.3 Å². The molecular formula is C21H20N6O2. The minimum Gasteiger partial charge on any atom is -0.477 e. The van der Waals surface area contributed by atoms with Gasteiger partial charge in [-0.05, 0) is 45.0 Å². The van der Waals surface area contributed by atoms with Crippen molar-refractivity contribution in [2.45, 2.75) is 20.8 Å². The van der Waals surface area contributed by atoms with Crippen LogP contribution in [-0.4, -0.2) is 37.3 Å². The lowest BCUT2D eigenvalue weighted by atomic mass is 10.1. The summed E-state index contributed by atoms with van der Waals surface area (Å²) in [6, 6.07) is 15.1. The van der Waals surface area contributed by atoms with Crippen LogP contribution in [0.1, 0.15) is 28.7 Å². The predicted molar refractivity (Wildman–Crippen MR) is 109 cm³/mol. The fraction of sp³-hybridized carbons (Fsp3) is 0.190. The number of aromatic nitrogens is 5. The zero-order valence-corrected chi connectivity index (χ0v) is 16.4. The second kappa shape index (κ2) is 7.67. The molecule has 4 aromatic rings. The molecule has 0 fully saturated rings. The summed E-state index contributed by atoms with van der Waals surface area (Å²) in [6.07, 6.45) is 0. The maximum atomic E-state index is 12.9. The van der Waals surface area contributed by atoms with Crippen molar-refractivity contribution in [3.05, 3.63) is 65.5 Å². The van der Waals surface area contributed by atoms with Gasteiger partial charge >= 0.3 is 0 Å². The summed E-state index contributed by atoms with van der Waals surface area (Å²) >= 11 is 0. The quantitative estimate of drug-likeness (QED) is 0.563. The molecule has 0 aliphatic heterocycles. The second-order valence-electron chi connectivity index (χ2n) is 6.55. The lowest BCUT2D eigenvalue weighted by Gasteiger charge is -2.07. The molecule has 0 bridgehead atoms. The third-order valence-electron chi connectivity index (χ3n) is 4.35. The van der Waals surface area contributed by atoms with Crippen LogP contribution < -0.4 is 10.1 Å². The third kappa shape index (κ3) is 3.77. The SMILES string of the molecule is CCOc1ccc(NC(=O)c2c(C)nc3ccc(-c4cccc(C)c4)nn23)nn1. The molecule has 8 heteroatoms. The molecule has 0 aliphatic carbocycles. The van der Waals surface area contributed by atoms with E-state index in [2.05, 4.69) is 25.6 Å². The zero-order chi connectivity index (χ0) is 20.4. The van der Waals surface area contributed by atoms with Gasteiger partial charge in [-0.3, -0.25) is 4.79 Å². The number of carbonyl (C=O) groups is 1. The summed E-state index contributed by atoms with van der Waals surface area (Å²) in [5.74, 6) is 0.367. The van der Waals surface area contributed by atoms with E-state index in [1.807, 2.05) is 50.2 Å². The lowest BCUT2D eigenvalue weighted by molar-refractivity contribution is 0.101. The second-order valence-corrected chi connectivity index (χ2v) is 6.55. The number of ether oxygens (including phenoxy) is 1. The van der Waals surface area contributed by atoms with Gasteiger partial charge in [0.1, 0.15) is 0 Å². The predicted octanol–water partition coefficient (Wildman–Crippen LogP) is 3.45. The Morgan fingerprint density at radius 1 is 1.10 bits per heavy atom. The Hall–Kier alpha value is -3.81. The number of aryl methyl sites for hydroxylation is 2. The number of benzene rings is 1. The molecule has 3 aromatic heterocycles. The Morgan fingerprint density at radius 3 is 2.69 bits per heavy atom. The number of imidazole rings is 1. The van der Waals surface area contributed by atoms with Crippen LogP contribution in [0.4, 0.5) is 5.82 Å². The van der Waals surface area contributed by atoms with Crippen molar-refractivity contribution in [3.8, 4) is 17.1 Å². The molecule has 0 radical (unpaired) electrons. The van der Waals surface area contributed by atoms with E-state index in [1.165, 1.54) is 0 Å². The molecule has 1 N–H and O–H groups in total. The van der Waals surface area contributed by atoms with Gasteiger partial charge in [0.05, 0.1) is 18.0 Å². The van der Waals surface area contributed by atoms with Crippen LogP contribution in [0.15, 0.2) is 48.5 Å². The summed E-state index contributed by atoms with van der Waals surface area (Å²) in [5, 5.41) is 15.3. The molecule has 146 valence electrons. The first-order valence-corrected chi connectivity index (χ1v) is 9.26. The molecule has 29 heavy (non-hydrogen) atoms. The van der Waals surface area contributed by atoms with Crippen molar-refractivity contribution in [2.24, 2.45) is 0 Å². The van der Waals surface area contributed by atoms with Crippen LogP contribution in [0.3, 0.4) is 0 Å². The largest absolute Gasteiger partial charge is 0.477 e. The molecule has 0 atom stereocenters. The lowest BCUT2D eigenvalue weighted by Crippen LogP contribution is -2.17. The number of hydrogen-bond donors (Lipinski definition) is 1. The minimum absolute atomic E-state index is 0.322. The van der Waals surface area contributed by atoms with Gasteiger partial charge in [-0.15, -0.1) is 10.2 Å². The molecule has 0 saturated carbocycles. The smallest absolute Gasteiger partial charge is 0.277 e. The molecule has 0 aliphatic rings. The molecular weight excluding hydrogens is 368 g/mol. The van der Waals surface area contributed by atoms with Crippen LogP contribution in [0.25, 0.3) is 16.9 Å². The van der Waals surface area contributed by atoms with Crippen molar-refractivity contribution >= 4 is 17.4 Å². The number of nitrogens with zero attached hydrogens (tertiary/aromatic N) is 5. The number of anilines is 1. The van der Waals surface area contributed by atoms with Crippen LogP contribution in [0, 0.1) is 13.8 Å². The van der Waals surface area contributed by atoms with Crippen molar-refractivity contribution in [2.75, 3.05) is 11.9 Å². The fourth-order valence-electron chi connectivity index (χ4n) is 3.05. The number of carbonyl (C=O) groups excluding carboxylic acids is 1. The molecule has 3 heterocycles. The van der Waals surface area contributed by atoms with Gasteiger partial charge in [0.25, 0.3) is 5.91 Å². The van der Waals surface area contributed by atoms with Crippen LogP contribution in [-0.2, 0) is 0 Å². The summed E-state index contributed by atoms with van der Waals surface area (Å²) in [6.45, 7) is 6.17. The average Bonchev–Trinajstić information content (AvgIpc) is 3.04. The van der Waals surface area contributed by atoms with E-state index in [9.17, 15) is 4.79 Å². The number of fused-ring (bicyclic) bond motifs is 1. The normalized spacial score (nSPS) is 10.9. The maximum Gasteiger partial charge on any atom is 0.277 e. The Balaban J connectivity index is 1.68. The Kier molecular flexibility index (Phi) is 4.90. The van der Waals surface area contributed by atoms with E-state index < -0.39 is 0 Å². The third-order valence-corrected chi connectivity index (χ3v) is 4.35. The highest BCUT2D eigenvalue weighted by molar-refractivity contribution is 6.03. The number of nitrogens with one attached hydrogen (secondary N) is 1.